The van der Waals surface area contributed by atoms with Crippen LogP contribution in [0.5, 0.6) is 0 Å². The molecule has 108 valence electrons. The highest BCUT2D eigenvalue weighted by molar-refractivity contribution is 9.10. The molecular formula is C15H25BrN2S. The van der Waals surface area contributed by atoms with Crippen molar-refractivity contribution in [1.29, 1.82) is 0 Å². The Bertz CT molecular complexity index is 356. The molecule has 0 radical (unpaired) electrons. The van der Waals surface area contributed by atoms with Gasteiger partial charge in [-0.05, 0) is 57.9 Å². The van der Waals surface area contributed by atoms with E-state index in [0.717, 1.165) is 17.4 Å². The number of nitrogens with zero attached hydrogens (tertiary/aromatic N) is 1. The molecule has 1 rings (SSSR count). The van der Waals surface area contributed by atoms with Gasteiger partial charge in [-0.2, -0.15) is 11.8 Å². The predicted octanol–water partition coefficient (Wildman–Crippen LogP) is 3.78. The van der Waals surface area contributed by atoms with Crippen LogP contribution in [0.15, 0.2) is 28.7 Å². The standard InChI is InChI=1S/C15H25BrN2S/c1-12(11-19-4)18(3)10-9-15(17-2)13-5-7-14(16)8-6-13/h5-8,12,15,17H,9-11H2,1-4H3. The van der Waals surface area contributed by atoms with E-state index in [-0.39, 0.29) is 0 Å². The van der Waals surface area contributed by atoms with Gasteiger partial charge in [-0.15, -0.1) is 0 Å². The van der Waals surface area contributed by atoms with E-state index in [9.17, 15) is 0 Å². The third-order valence-electron chi connectivity index (χ3n) is 3.55. The minimum absolute atomic E-state index is 0.428. The van der Waals surface area contributed by atoms with E-state index in [0.29, 0.717) is 12.1 Å². The number of halogens is 1. The molecule has 0 aliphatic heterocycles. The molecule has 0 saturated carbocycles. The van der Waals surface area contributed by atoms with Crippen molar-refractivity contribution in [2.75, 3.05) is 32.6 Å². The topological polar surface area (TPSA) is 15.3 Å². The van der Waals surface area contributed by atoms with Crippen molar-refractivity contribution in [2.45, 2.75) is 25.4 Å². The van der Waals surface area contributed by atoms with Crippen molar-refractivity contribution in [3.63, 3.8) is 0 Å². The first-order valence-corrected chi connectivity index (χ1v) is 8.89. The van der Waals surface area contributed by atoms with Crippen molar-refractivity contribution in [3.8, 4) is 0 Å². The fourth-order valence-corrected chi connectivity index (χ4v) is 3.10. The highest BCUT2D eigenvalue weighted by Crippen LogP contribution is 2.20. The highest BCUT2D eigenvalue weighted by Gasteiger charge is 2.13. The van der Waals surface area contributed by atoms with Crippen LogP contribution in [0.4, 0.5) is 0 Å². The molecule has 0 aromatic heterocycles. The Balaban J connectivity index is 2.51. The minimum atomic E-state index is 0.428. The Morgan fingerprint density at radius 1 is 1.32 bits per heavy atom. The van der Waals surface area contributed by atoms with Crippen LogP contribution in [-0.4, -0.2) is 43.6 Å². The van der Waals surface area contributed by atoms with E-state index in [2.05, 4.69) is 70.6 Å². The van der Waals surface area contributed by atoms with Gasteiger partial charge in [0.25, 0.3) is 0 Å². The second-order valence-electron chi connectivity index (χ2n) is 4.97. The Labute approximate surface area is 130 Å². The zero-order valence-electron chi connectivity index (χ0n) is 12.3. The summed E-state index contributed by atoms with van der Waals surface area (Å²) in [5, 5.41) is 3.42. The summed E-state index contributed by atoms with van der Waals surface area (Å²) in [5.41, 5.74) is 1.36. The largest absolute Gasteiger partial charge is 0.313 e. The first-order valence-electron chi connectivity index (χ1n) is 6.70. The summed E-state index contributed by atoms with van der Waals surface area (Å²) in [6.45, 7) is 3.41. The number of hydrogen-bond acceptors (Lipinski definition) is 3. The number of hydrogen-bond donors (Lipinski definition) is 1. The number of rotatable bonds is 8. The summed E-state index contributed by atoms with van der Waals surface area (Å²) >= 11 is 5.40. The molecule has 0 bridgehead atoms. The van der Waals surface area contributed by atoms with Gasteiger partial charge < -0.3 is 10.2 Å². The molecule has 1 aromatic carbocycles. The molecule has 0 spiro atoms. The van der Waals surface area contributed by atoms with Gasteiger partial charge in [0, 0.05) is 22.3 Å². The predicted molar refractivity (Wildman–Crippen MR) is 91.0 cm³/mol. The Morgan fingerprint density at radius 2 is 1.95 bits per heavy atom. The number of nitrogens with one attached hydrogen (secondary N) is 1. The second kappa shape index (κ2) is 9.01. The van der Waals surface area contributed by atoms with E-state index in [1.54, 1.807) is 0 Å². The van der Waals surface area contributed by atoms with Gasteiger partial charge in [-0.3, -0.25) is 0 Å². The third kappa shape index (κ3) is 5.86. The lowest BCUT2D eigenvalue weighted by Gasteiger charge is -2.26. The fourth-order valence-electron chi connectivity index (χ4n) is 2.09. The lowest BCUT2D eigenvalue weighted by molar-refractivity contribution is 0.262. The van der Waals surface area contributed by atoms with E-state index in [1.807, 2.05) is 18.8 Å². The van der Waals surface area contributed by atoms with E-state index < -0.39 is 0 Å². The molecule has 2 unspecified atom stereocenters. The monoisotopic (exact) mass is 344 g/mol. The lowest BCUT2D eigenvalue weighted by Crippen LogP contribution is -2.33. The van der Waals surface area contributed by atoms with Crippen molar-refractivity contribution in [1.82, 2.24) is 10.2 Å². The van der Waals surface area contributed by atoms with Crippen LogP contribution in [0.1, 0.15) is 24.9 Å². The average molecular weight is 345 g/mol. The number of benzene rings is 1. The molecule has 0 aliphatic rings. The smallest absolute Gasteiger partial charge is 0.0329 e. The van der Waals surface area contributed by atoms with Gasteiger partial charge in [0.1, 0.15) is 0 Å². The van der Waals surface area contributed by atoms with Crippen molar-refractivity contribution >= 4 is 27.7 Å². The molecule has 0 fully saturated rings. The van der Waals surface area contributed by atoms with Crippen molar-refractivity contribution < 1.29 is 0 Å². The first kappa shape index (κ1) is 17.0. The van der Waals surface area contributed by atoms with E-state index >= 15 is 0 Å². The van der Waals surface area contributed by atoms with Gasteiger partial charge >= 0.3 is 0 Å². The summed E-state index contributed by atoms with van der Waals surface area (Å²) < 4.78 is 1.14. The molecule has 0 heterocycles. The van der Waals surface area contributed by atoms with E-state index in [4.69, 9.17) is 0 Å². The SMILES string of the molecule is CNC(CCN(C)C(C)CSC)c1ccc(Br)cc1. The molecule has 19 heavy (non-hydrogen) atoms. The van der Waals surface area contributed by atoms with Gasteiger partial charge in [-0.25, -0.2) is 0 Å². The van der Waals surface area contributed by atoms with Crippen LogP contribution in [0.25, 0.3) is 0 Å². The molecule has 0 amide bonds. The summed E-state index contributed by atoms with van der Waals surface area (Å²) in [5.74, 6) is 1.19. The zero-order chi connectivity index (χ0) is 14.3. The molecular weight excluding hydrogens is 320 g/mol. The summed E-state index contributed by atoms with van der Waals surface area (Å²) in [4.78, 5) is 2.44. The van der Waals surface area contributed by atoms with Crippen LogP contribution in [0.2, 0.25) is 0 Å². The Hall–Kier alpha value is -0.0300. The van der Waals surface area contributed by atoms with Crippen molar-refractivity contribution in [3.05, 3.63) is 34.3 Å². The normalized spacial score (nSPS) is 14.6. The summed E-state index contributed by atoms with van der Waals surface area (Å²) in [6, 6.07) is 9.67. The third-order valence-corrected chi connectivity index (χ3v) is 4.90. The molecule has 4 heteroatoms. The average Bonchev–Trinajstić information content (AvgIpc) is 2.41. The van der Waals surface area contributed by atoms with Gasteiger partial charge in [0.05, 0.1) is 0 Å². The van der Waals surface area contributed by atoms with E-state index in [1.165, 1.54) is 11.3 Å². The quantitative estimate of drug-likeness (QED) is 0.772. The lowest BCUT2D eigenvalue weighted by atomic mass is 10.0. The van der Waals surface area contributed by atoms with Crippen LogP contribution in [0, 0.1) is 0 Å². The van der Waals surface area contributed by atoms with Crippen LogP contribution >= 0.6 is 27.7 Å². The van der Waals surface area contributed by atoms with Gasteiger partial charge in [0.15, 0.2) is 0 Å². The summed E-state index contributed by atoms with van der Waals surface area (Å²) in [7, 11) is 4.26. The fraction of sp³-hybridized carbons (Fsp3) is 0.600. The van der Waals surface area contributed by atoms with Crippen LogP contribution < -0.4 is 5.32 Å². The van der Waals surface area contributed by atoms with Crippen LogP contribution in [0.3, 0.4) is 0 Å². The van der Waals surface area contributed by atoms with Gasteiger partial charge in [0.2, 0.25) is 0 Å². The Morgan fingerprint density at radius 3 is 2.47 bits per heavy atom. The zero-order valence-corrected chi connectivity index (χ0v) is 14.7. The van der Waals surface area contributed by atoms with Crippen LogP contribution in [-0.2, 0) is 0 Å². The molecule has 0 aliphatic carbocycles. The van der Waals surface area contributed by atoms with Crippen molar-refractivity contribution in [2.24, 2.45) is 0 Å². The second-order valence-corrected chi connectivity index (χ2v) is 6.79. The maximum absolute atomic E-state index is 3.48. The molecule has 1 N–H and O–H groups in total. The first-order chi connectivity index (χ1) is 9.08. The van der Waals surface area contributed by atoms with Gasteiger partial charge in [-0.1, -0.05) is 28.1 Å². The molecule has 2 atom stereocenters. The maximum atomic E-state index is 3.48. The Kier molecular flexibility index (Phi) is 8.07. The summed E-state index contributed by atoms with van der Waals surface area (Å²) in [6.07, 6.45) is 3.30. The number of thioether (sulfide) groups is 1. The minimum Gasteiger partial charge on any atom is -0.313 e. The molecule has 1 aromatic rings. The highest BCUT2D eigenvalue weighted by atomic mass is 79.9. The molecule has 0 saturated heterocycles. The molecule has 2 nitrogen and oxygen atoms in total. The maximum Gasteiger partial charge on any atom is 0.0329 e.